The predicted molar refractivity (Wildman–Crippen MR) is 95.3 cm³/mol. The van der Waals surface area contributed by atoms with Crippen molar-refractivity contribution in [2.75, 3.05) is 19.8 Å². The first kappa shape index (κ1) is 19.7. The van der Waals surface area contributed by atoms with Crippen LogP contribution in [0.1, 0.15) is 40.2 Å². The van der Waals surface area contributed by atoms with Gasteiger partial charge in [-0.3, -0.25) is 4.57 Å². The highest BCUT2D eigenvalue weighted by molar-refractivity contribution is 7.58. The van der Waals surface area contributed by atoms with E-state index in [-0.39, 0.29) is 0 Å². The summed E-state index contributed by atoms with van der Waals surface area (Å²) in [5, 5.41) is 0. The molecule has 128 valence electrons. The lowest BCUT2D eigenvalue weighted by Crippen LogP contribution is -2.05. The Labute approximate surface area is 139 Å². The molecule has 0 amide bonds. The number of hydrogen-bond donors (Lipinski definition) is 0. The molecule has 1 rings (SSSR count). The topological polar surface area (TPSA) is 44.8 Å². The summed E-state index contributed by atoms with van der Waals surface area (Å²) in [7, 11) is -3.39. The molecular weight excluding hydrogens is 311 g/mol. The Hall–Kier alpha value is -1.35. The van der Waals surface area contributed by atoms with Crippen molar-refractivity contribution in [3.8, 4) is 0 Å². The van der Waals surface area contributed by atoms with E-state index in [0.29, 0.717) is 25.3 Å². The van der Waals surface area contributed by atoms with Gasteiger partial charge in [0.1, 0.15) is 6.61 Å². The lowest BCUT2D eigenvalue weighted by Gasteiger charge is -2.21. The van der Waals surface area contributed by atoms with Crippen LogP contribution < -0.4 is 0 Å². The number of benzene rings is 1. The average Bonchev–Trinajstić information content (AvgIpc) is 2.48. The van der Waals surface area contributed by atoms with Crippen molar-refractivity contribution in [1.82, 2.24) is 0 Å². The molecule has 0 fully saturated rings. The molecule has 1 aromatic carbocycles. The minimum Gasteiger partial charge on any atom is -0.481 e. The van der Waals surface area contributed by atoms with Crippen molar-refractivity contribution in [2.45, 2.75) is 34.6 Å². The summed E-state index contributed by atoms with van der Waals surface area (Å²) >= 11 is 0. The molecule has 0 aliphatic rings. The van der Waals surface area contributed by atoms with Crippen molar-refractivity contribution >= 4 is 13.7 Å². The van der Waals surface area contributed by atoms with Gasteiger partial charge >= 0.3 is 7.60 Å². The third kappa shape index (κ3) is 6.34. The Morgan fingerprint density at radius 1 is 1.04 bits per heavy atom. The molecule has 23 heavy (non-hydrogen) atoms. The maximum absolute atomic E-state index is 12.9. The molecule has 0 radical (unpaired) electrons. The minimum absolute atomic E-state index is 0.302. The van der Waals surface area contributed by atoms with Gasteiger partial charge < -0.3 is 13.8 Å². The van der Waals surface area contributed by atoms with E-state index in [9.17, 15) is 4.57 Å². The van der Waals surface area contributed by atoms with E-state index in [0.717, 1.165) is 16.7 Å². The summed E-state index contributed by atoms with van der Waals surface area (Å²) in [5.74, 6) is 0. The molecule has 0 saturated carbocycles. The fourth-order valence-electron chi connectivity index (χ4n) is 2.05. The molecular formula is C18H27O4P. The standard InChI is InChI=1S/C18H27O4P/c1-6-21-23(19,22-7-2)18(15(3)4)20-14-16(5)13-17-11-9-8-10-12-17/h8-13H,6-7,14H2,1-5H3/b16-13+. The fourth-order valence-corrected chi connectivity index (χ4v) is 3.81. The first-order valence-corrected chi connectivity index (χ1v) is 9.39. The summed E-state index contributed by atoms with van der Waals surface area (Å²) < 4.78 is 29.4. The van der Waals surface area contributed by atoms with Gasteiger partial charge in [-0.1, -0.05) is 36.4 Å². The van der Waals surface area contributed by atoms with Crippen LogP contribution in [0.3, 0.4) is 0 Å². The zero-order valence-electron chi connectivity index (χ0n) is 14.7. The van der Waals surface area contributed by atoms with Crippen molar-refractivity contribution in [3.63, 3.8) is 0 Å². The Kier molecular flexibility index (Phi) is 8.32. The number of allylic oxidation sites excluding steroid dienone is 1. The molecule has 0 saturated heterocycles. The van der Waals surface area contributed by atoms with E-state index < -0.39 is 7.60 Å². The second-order valence-corrected chi connectivity index (χ2v) is 7.25. The molecule has 0 atom stereocenters. The van der Waals surface area contributed by atoms with Crippen LogP contribution in [0, 0.1) is 0 Å². The maximum atomic E-state index is 12.9. The lowest BCUT2D eigenvalue weighted by atomic mass is 10.1. The molecule has 0 N–H and O–H groups in total. The Morgan fingerprint density at radius 2 is 1.61 bits per heavy atom. The van der Waals surface area contributed by atoms with Gasteiger partial charge in [0.05, 0.1) is 13.2 Å². The van der Waals surface area contributed by atoms with Gasteiger partial charge in [0.15, 0.2) is 0 Å². The summed E-state index contributed by atoms with van der Waals surface area (Å²) in [5.41, 5.74) is 3.23. The summed E-state index contributed by atoms with van der Waals surface area (Å²) in [6.07, 6.45) is 2.04. The highest BCUT2D eigenvalue weighted by Gasteiger charge is 2.32. The molecule has 4 nitrogen and oxygen atoms in total. The van der Waals surface area contributed by atoms with Crippen LogP contribution in [-0.2, 0) is 18.3 Å². The van der Waals surface area contributed by atoms with Gasteiger partial charge in [0.25, 0.3) is 0 Å². The van der Waals surface area contributed by atoms with Crippen molar-refractivity contribution in [1.29, 1.82) is 0 Å². The van der Waals surface area contributed by atoms with Gasteiger partial charge in [-0.25, -0.2) is 0 Å². The zero-order chi connectivity index (χ0) is 17.3. The van der Waals surface area contributed by atoms with Gasteiger partial charge in [-0.05, 0) is 51.3 Å². The highest BCUT2D eigenvalue weighted by atomic mass is 31.2. The van der Waals surface area contributed by atoms with Crippen molar-refractivity contribution in [2.24, 2.45) is 0 Å². The third-order valence-electron chi connectivity index (χ3n) is 2.92. The van der Waals surface area contributed by atoms with Gasteiger partial charge in [-0.2, -0.15) is 0 Å². The number of rotatable bonds is 9. The quantitative estimate of drug-likeness (QED) is 0.433. The molecule has 0 spiro atoms. The molecule has 0 aliphatic heterocycles. The second kappa shape index (κ2) is 9.71. The summed E-state index contributed by atoms with van der Waals surface area (Å²) in [4.78, 5) is 0. The van der Waals surface area contributed by atoms with E-state index in [1.54, 1.807) is 13.8 Å². The molecule has 5 heteroatoms. The SMILES string of the molecule is CCOP(=O)(OCC)C(OC/C(C)=C/c1ccccc1)=C(C)C. The van der Waals surface area contributed by atoms with E-state index in [4.69, 9.17) is 13.8 Å². The molecule has 0 heterocycles. The molecule has 0 bridgehead atoms. The van der Waals surface area contributed by atoms with Crippen LogP contribution in [0.25, 0.3) is 6.08 Å². The van der Waals surface area contributed by atoms with Crippen LogP contribution in [0.15, 0.2) is 47.0 Å². The van der Waals surface area contributed by atoms with Crippen LogP contribution in [0.2, 0.25) is 0 Å². The Balaban J connectivity index is 2.87. The first-order valence-electron chi connectivity index (χ1n) is 7.85. The monoisotopic (exact) mass is 338 g/mol. The Morgan fingerprint density at radius 3 is 2.09 bits per heavy atom. The first-order chi connectivity index (χ1) is 10.9. The molecule has 1 aromatic rings. The number of hydrogen-bond acceptors (Lipinski definition) is 4. The summed E-state index contributed by atoms with van der Waals surface area (Å²) in [6.45, 7) is 10.2. The highest BCUT2D eigenvalue weighted by Crippen LogP contribution is 2.57. The van der Waals surface area contributed by atoms with E-state index in [1.807, 2.05) is 57.2 Å². The largest absolute Gasteiger partial charge is 0.481 e. The Bertz CT molecular complexity index is 576. The second-order valence-electron chi connectivity index (χ2n) is 5.33. The van der Waals surface area contributed by atoms with Crippen LogP contribution >= 0.6 is 7.60 Å². The smallest absolute Gasteiger partial charge is 0.395 e. The lowest BCUT2D eigenvalue weighted by molar-refractivity contribution is 0.185. The normalized spacial score (nSPS) is 12.1. The summed E-state index contributed by atoms with van der Waals surface area (Å²) in [6, 6.07) is 10.00. The van der Waals surface area contributed by atoms with E-state index in [2.05, 4.69) is 0 Å². The van der Waals surface area contributed by atoms with Crippen molar-refractivity contribution < 1.29 is 18.3 Å². The molecule has 0 aromatic heterocycles. The van der Waals surface area contributed by atoms with Gasteiger partial charge in [-0.15, -0.1) is 0 Å². The van der Waals surface area contributed by atoms with Gasteiger partial charge in [0, 0.05) is 0 Å². The van der Waals surface area contributed by atoms with Crippen LogP contribution in [-0.4, -0.2) is 19.8 Å². The molecule has 0 unspecified atom stereocenters. The van der Waals surface area contributed by atoms with Crippen LogP contribution in [0.5, 0.6) is 0 Å². The number of ether oxygens (including phenoxy) is 1. The maximum Gasteiger partial charge on any atom is 0.395 e. The zero-order valence-corrected chi connectivity index (χ0v) is 15.6. The average molecular weight is 338 g/mol. The minimum atomic E-state index is -3.39. The van der Waals surface area contributed by atoms with Crippen LogP contribution in [0.4, 0.5) is 0 Å². The van der Waals surface area contributed by atoms with Gasteiger partial charge in [0.2, 0.25) is 5.50 Å². The molecule has 0 aliphatic carbocycles. The third-order valence-corrected chi connectivity index (χ3v) is 5.19. The van der Waals surface area contributed by atoms with E-state index in [1.165, 1.54) is 0 Å². The predicted octanol–water partition coefficient (Wildman–Crippen LogP) is 5.62. The van der Waals surface area contributed by atoms with Crippen molar-refractivity contribution in [3.05, 3.63) is 52.5 Å². The fraction of sp³-hybridized carbons (Fsp3) is 0.444. The van der Waals surface area contributed by atoms with E-state index >= 15 is 0 Å².